The quantitative estimate of drug-likeness (QED) is 0.681. The molecule has 1 heterocycles. The Balaban J connectivity index is 2.29. The van der Waals surface area contributed by atoms with Crippen LogP contribution in [0.15, 0.2) is 21.6 Å². The fraction of sp³-hybridized carbons (Fsp3) is 0.667. The Hall–Kier alpha value is -1.58. The summed E-state index contributed by atoms with van der Waals surface area (Å²) in [4.78, 5) is 13.3. The third-order valence-corrected chi connectivity index (χ3v) is 4.31. The normalized spacial score (nSPS) is 12.2. The molecule has 0 aliphatic rings. The SMILES string of the molecule is CNS(=O)(=O)c1ccc(CNCCCN(C)C(=O)OC(C)(C)C)o1. The van der Waals surface area contributed by atoms with Gasteiger partial charge >= 0.3 is 6.09 Å². The number of sulfonamides is 1. The molecule has 0 saturated heterocycles. The van der Waals surface area contributed by atoms with Gasteiger partial charge in [-0.25, -0.2) is 17.9 Å². The van der Waals surface area contributed by atoms with E-state index < -0.39 is 15.6 Å². The summed E-state index contributed by atoms with van der Waals surface area (Å²) >= 11 is 0. The van der Waals surface area contributed by atoms with Gasteiger partial charge in [0, 0.05) is 13.6 Å². The summed E-state index contributed by atoms with van der Waals surface area (Å²) in [7, 11) is -0.531. The van der Waals surface area contributed by atoms with E-state index in [1.165, 1.54) is 18.0 Å². The largest absolute Gasteiger partial charge is 0.447 e. The van der Waals surface area contributed by atoms with E-state index in [4.69, 9.17) is 9.15 Å². The minimum Gasteiger partial charge on any atom is -0.447 e. The van der Waals surface area contributed by atoms with Crippen LogP contribution >= 0.6 is 0 Å². The number of amides is 1. The molecular formula is C15H27N3O5S. The standard InChI is InChI=1S/C15H27N3O5S/c1-15(2,3)23-14(19)18(5)10-6-9-17-11-12-7-8-13(22-12)24(20,21)16-4/h7-8,16-17H,6,9-11H2,1-5H3. The van der Waals surface area contributed by atoms with Crippen molar-refractivity contribution < 1.29 is 22.4 Å². The molecule has 0 spiro atoms. The van der Waals surface area contributed by atoms with Crippen molar-refractivity contribution in [3.8, 4) is 0 Å². The van der Waals surface area contributed by atoms with Crippen molar-refractivity contribution in [3.05, 3.63) is 17.9 Å². The number of furan rings is 1. The smallest absolute Gasteiger partial charge is 0.410 e. The molecule has 0 unspecified atom stereocenters. The van der Waals surface area contributed by atoms with Crippen LogP contribution in [-0.2, 0) is 21.3 Å². The fourth-order valence-electron chi connectivity index (χ4n) is 1.78. The topological polar surface area (TPSA) is 101 Å². The lowest BCUT2D eigenvalue weighted by atomic mass is 10.2. The Morgan fingerprint density at radius 3 is 2.58 bits per heavy atom. The second-order valence-electron chi connectivity index (χ2n) is 6.36. The van der Waals surface area contributed by atoms with E-state index in [-0.39, 0.29) is 11.2 Å². The van der Waals surface area contributed by atoms with Crippen molar-refractivity contribution in [2.75, 3.05) is 27.2 Å². The first kappa shape index (κ1) is 20.5. The molecule has 0 aliphatic heterocycles. The first-order valence-corrected chi connectivity index (χ1v) is 9.20. The van der Waals surface area contributed by atoms with Crippen molar-refractivity contribution in [3.63, 3.8) is 0 Å². The molecule has 2 N–H and O–H groups in total. The predicted octanol–water partition coefficient (Wildman–Crippen LogP) is 1.53. The molecule has 0 bridgehead atoms. The molecule has 1 amide bonds. The maximum Gasteiger partial charge on any atom is 0.410 e. The van der Waals surface area contributed by atoms with Gasteiger partial charge in [-0.2, -0.15) is 0 Å². The Kier molecular flexibility index (Phi) is 7.25. The molecule has 9 heteroatoms. The zero-order chi connectivity index (χ0) is 18.4. The Bertz CT molecular complexity index is 634. The number of hydrogen-bond donors (Lipinski definition) is 2. The van der Waals surface area contributed by atoms with Crippen molar-refractivity contribution in [1.29, 1.82) is 0 Å². The van der Waals surface area contributed by atoms with E-state index in [9.17, 15) is 13.2 Å². The molecular weight excluding hydrogens is 334 g/mol. The maximum atomic E-state index is 11.8. The number of ether oxygens (including phenoxy) is 1. The molecule has 0 atom stereocenters. The van der Waals surface area contributed by atoms with Crippen LogP contribution in [0.4, 0.5) is 4.79 Å². The molecule has 1 aromatic heterocycles. The highest BCUT2D eigenvalue weighted by Gasteiger charge is 2.19. The van der Waals surface area contributed by atoms with Crippen LogP contribution in [-0.4, -0.2) is 52.2 Å². The van der Waals surface area contributed by atoms with Gasteiger partial charge in [-0.1, -0.05) is 0 Å². The summed E-state index contributed by atoms with van der Waals surface area (Å²) < 4.78 is 35.8. The summed E-state index contributed by atoms with van der Waals surface area (Å²) in [6, 6.07) is 3.03. The number of hydrogen-bond acceptors (Lipinski definition) is 6. The highest BCUT2D eigenvalue weighted by Crippen LogP contribution is 2.13. The second-order valence-corrected chi connectivity index (χ2v) is 8.18. The molecule has 0 saturated carbocycles. The summed E-state index contributed by atoms with van der Waals surface area (Å²) in [6.45, 7) is 7.10. The minimum absolute atomic E-state index is 0.105. The lowest BCUT2D eigenvalue weighted by Crippen LogP contribution is -2.35. The zero-order valence-electron chi connectivity index (χ0n) is 14.9. The molecule has 1 aromatic rings. The van der Waals surface area contributed by atoms with E-state index >= 15 is 0 Å². The molecule has 0 radical (unpaired) electrons. The number of nitrogens with zero attached hydrogens (tertiary/aromatic N) is 1. The van der Waals surface area contributed by atoms with Crippen LogP contribution in [0.5, 0.6) is 0 Å². The van der Waals surface area contributed by atoms with Crippen molar-refractivity contribution in [2.24, 2.45) is 0 Å². The van der Waals surface area contributed by atoms with Gasteiger partial charge in [-0.05, 0) is 52.9 Å². The van der Waals surface area contributed by atoms with Crippen LogP contribution in [0.1, 0.15) is 33.0 Å². The lowest BCUT2D eigenvalue weighted by Gasteiger charge is -2.24. The molecule has 138 valence electrons. The highest BCUT2D eigenvalue weighted by molar-refractivity contribution is 7.89. The van der Waals surface area contributed by atoms with Gasteiger partial charge in [-0.3, -0.25) is 0 Å². The maximum absolute atomic E-state index is 11.8. The van der Waals surface area contributed by atoms with Crippen molar-refractivity contribution in [2.45, 2.75) is 44.4 Å². The lowest BCUT2D eigenvalue weighted by molar-refractivity contribution is 0.0297. The van der Waals surface area contributed by atoms with Crippen LogP contribution in [0.2, 0.25) is 0 Å². The second kappa shape index (κ2) is 8.50. The summed E-state index contributed by atoms with van der Waals surface area (Å²) in [6.07, 6.45) is 0.383. The first-order chi connectivity index (χ1) is 11.0. The van der Waals surface area contributed by atoms with Crippen LogP contribution in [0.25, 0.3) is 0 Å². The third kappa shape index (κ3) is 6.90. The van der Waals surface area contributed by atoms with E-state index in [1.807, 2.05) is 20.8 Å². The zero-order valence-corrected chi connectivity index (χ0v) is 15.7. The molecule has 0 aromatic carbocycles. The average molecular weight is 361 g/mol. The molecule has 1 rings (SSSR count). The monoisotopic (exact) mass is 361 g/mol. The van der Waals surface area contributed by atoms with Gasteiger partial charge in [0.2, 0.25) is 5.09 Å². The van der Waals surface area contributed by atoms with Crippen LogP contribution < -0.4 is 10.0 Å². The van der Waals surface area contributed by atoms with E-state index in [2.05, 4.69) is 10.0 Å². The van der Waals surface area contributed by atoms with Gasteiger partial charge in [-0.15, -0.1) is 0 Å². The molecule has 0 aliphatic carbocycles. The number of carbonyl (C=O) groups excluding carboxylic acids is 1. The number of carbonyl (C=O) groups is 1. The number of rotatable bonds is 8. The number of nitrogens with one attached hydrogen (secondary N) is 2. The van der Waals surface area contributed by atoms with E-state index in [0.29, 0.717) is 25.4 Å². The summed E-state index contributed by atoms with van der Waals surface area (Å²) in [5.41, 5.74) is -0.506. The Morgan fingerprint density at radius 1 is 1.33 bits per heavy atom. The molecule has 24 heavy (non-hydrogen) atoms. The average Bonchev–Trinajstić information content (AvgIpc) is 2.94. The van der Waals surface area contributed by atoms with Crippen LogP contribution in [0, 0.1) is 0 Å². The van der Waals surface area contributed by atoms with Gasteiger partial charge in [0.15, 0.2) is 0 Å². The van der Waals surface area contributed by atoms with Gasteiger partial charge < -0.3 is 19.4 Å². The van der Waals surface area contributed by atoms with Crippen molar-refractivity contribution >= 4 is 16.1 Å². The van der Waals surface area contributed by atoms with E-state index in [0.717, 1.165) is 6.42 Å². The predicted molar refractivity (Wildman–Crippen MR) is 90.1 cm³/mol. The fourth-order valence-corrected chi connectivity index (χ4v) is 2.45. The summed E-state index contributed by atoms with van der Waals surface area (Å²) in [5, 5.41) is 3.03. The Labute approximate surface area is 143 Å². The summed E-state index contributed by atoms with van der Waals surface area (Å²) in [5.74, 6) is 0.532. The highest BCUT2D eigenvalue weighted by atomic mass is 32.2. The Morgan fingerprint density at radius 2 is 2.00 bits per heavy atom. The van der Waals surface area contributed by atoms with Gasteiger partial charge in [0.05, 0.1) is 6.54 Å². The van der Waals surface area contributed by atoms with Gasteiger partial charge in [0.25, 0.3) is 10.0 Å². The molecule has 8 nitrogen and oxygen atoms in total. The van der Waals surface area contributed by atoms with Crippen molar-refractivity contribution in [1.82, 2.24) is 14.9 Å². The third-order valence-electron chi connectivity index (χ3n) is 3.02. The molecule has 0 fully saturated rings. The first-order valence-electron chi connectivity index (χ1n) is 7.72. The minimum atomic E-state index is -3.55. The van der Waals surface area contributed by atoms with E-state index in [1.54, 1.807) is 13.1 Å². The van der Waals surface area contributed by atoms with Crippen LogP contribution in [0.3, 0.4) is 0 Å². The van der Waals surface area contributed by atoms with Gasteiger partial charge in [0.1, 0.15) is 11.4 Å².